The predicted molar refractivity (Wildman–Crippen MR) is 175 cm³/mol. The van der Waals surface area contributed by atoms with Crippen LogP contribution in [0, 0.1) is 0 Å². The Morgan fingerprint density at radius 2 is 1.22 bits per heavy atom. The Balaban J connectivity index is 1.32. The van der Waals surface area contributed by atoms with Crippen LogP contribution in [0.25, 0.3) is 58.8 Å². The smallest absolute Gasteiger partial charge is 0.399 e. The van der Waals surface area contributed by atoms with E-state index in [1.807, 2.05) is 11.3 Å². The first-order valence-corrected chi connectivity index (χ1v) is 15.0. The number of aromatic nitrogens is 1. The summed E-state index contributed by atoms with van der Waals surface area (Å²) in [5.41, 5.74) is 6.44. The van der Waals surface area contributed by atoms with Gasteiger partial charge in [0.1, 0.15) is 0 Å². The highest BCUT2D eigenvalue weighted by Gasteiger charge is 2.52. The summed E-state index contributed by atoms with van der Waals surface area (Å²) >= 11 is 1.84. The molecule has 3 heterocycles. The predicted octanol–water partition coefficient (Wildman–Crippen LogP) is 9.12. The van der Waals surface area contributed by atoms with Gasteiger partial charge in [-0.3, -0.25) is 0 Å². The topological polar surface area (TPSA) is 23.4 Å². The van der Waals surface area contributed by atoms with Gasteiger partial charge in [0.25, 0.3) is 0 Å². The maximum absolute atomic E-state index is 6.48. The van der Waals surface area contributed by atoms with Crippen LogP contribution in [0.4, 0.5) is 0 Å². The molecule has 1 saturated heterocycles. The summed E-state index contributed by atoms with van der Waals surface area (Å²) in [5, 5.41) is 5.05. The summed E-state index contributed by atoms with van der Waals surface area (Å²) in [6, 6.07) is 39.4. The van der Waals surface area contributed by atoms with E-state index in [1.165, 1.54) is 58.8 Å². The average Bonchev–Trinajstić information content (AvgIpc) is 3.59. The third-order valence-electron chi connectivity index (χ3n) is 9.06. The minimum Gasteiger partial charge on any atom is -0.399 e. The molecule has 2 aromatic heterocycles. The number of rotatable bonds is 3. The number of fused-ring (bicyclic) bond motifs is 6. The van der Waals surface area contributed by atoms with Crippen molar-refractivity contribution in [2.75, 3.05) is 0 Å². The molecule has 0 unspecified atom stereocenters. The van der Waals surface area contributed by atoms with E-state index in [-0.39, 0.29) is 18.3 Å². The zero-order valence-corrected chi connectivity index (χ0v) is 24.5. The number of nitrogens with zero attached hydrogens (tertiary/aromatic N) is 1. The van der Waals surface area contributed by atoms with Gasteiger partial charge in [-0.15, -0.1) is 11.3 Å². The van der Waals surface area contributed by atoms with Gasteiger partial charge in [0, 0.05) is 36.7 Å². The molecule has 8 rings (SSSR count). The molecule has 3 nitrogen and oxygen atoms in total. The molecule has 0 aliphatic carbocycles. The Morgan fingerprint density at radius 1 is 0.585 bits per heavy atom. The number of benzene rings is 5. The minimum atomic E-state index is -0.388. The molecule has 0 spiro atoms. The third kappa shape index (κ3) is 3.66. The first kappa shape index (κ1) is 24.9. The molecule has 41 heavy (non-hydrogen) atoms. The van der Waals surface area contributed by atoms with Crippen LogP contribution in [0.15, 0.2) is 109 Å². The van der Waals surface area contributed by atoms with Crippen molar-refractivity contribution in [2.45, 2.75) is 38.9 Å². The normalized spacial score (nSPS) is 16.4. The monoisotopic (exact) mass is 551 g/mol. The largest absolute Gasteiger partial charge is 0.496 e. The minimum absolute atomic E-state index is 0.379. The SMILES string of the molecule is CC1(C)OB(c2cccc3c2sc2c(-c4ccc5c(c4)c4ccccc4n5-c4ccccc4)cccc23)OC1(C)C. The van der Waals surface area contributed by atoms with E-state index >= 15 is 0 Å². The van der Waals surface area contributed by atoms with E-state index in [9.17, 15) is 0 Å². The van der Waals surface area contributed by atoms with Gasteiger partial charge >= 0.3 is 7.12 Å². The van der Waals surface area contributed by atoms with Crippen LogP contribution in [0.3, 0.4) is 0 Å². The molecule has 0 saturated carbocycles. The molecule has 1 fully saturated rings. The summed E-state index contributed by atoms with van der Waals surface area (Å²) in [4.78, 5) is 0. The number of para-hydroxylation sites is 2. The van der Waals surface area contributed by atoms with Crippen molar-refractivity contribution in [1.29, 1.82) is 0 Å². The molecule has 1 aliphatic heterocycles. The lowest BCUT2D eigenvalue weighted by Gasteiger charge is -2.32. The Kier molecular flexibility index (Phi) is 5.34. The van der Waals surface area contributed by atoms with Gasteiger partial charge in [-0.05, 0) is 74.5 Å². The molecule has 0 atom stereocenters. The van der Waals surface area contributed by atoms with E-state index in [2.05, 4.69) is 141 Å². The second kappa shape index (κ2) is 8.80. The summed E-state index contributed by atoms with van der Waals surface area (Å²) in [5.74, 6) is 0. The lowest BCUT2D eigenvalue weighted by Crippen LogP contribution is -2.41. The molecule has 1 aliphatic rings. The first-order valence-electron chi connectivity index (χ1n) is 14.2. The Labute approximate surface area is 244 Å². The average molecular weight is 552 g/mol. The van der Waals surface area contributed by atoms with Crippen molar-refractivity contribution in [3.8, 4) is 16.8 Å². The van der Waals surface area contributed by atoms with Crippen LogP contribution in [0.5, 0.6) is 0 Å². The quantitative estimate of drug-likeness (QED) is 0.205. The van der Waals surface area contributed by atoms with Gasteiger partial charge in [-0.2, -0.15) is 0 Å². The summed E-state index contributed by atoms with van der Waals surface area (Å²) in [6.07, 6.45) is 0. The lowest BCUT2D eigenvalue weighted by atomic mass is 9.78. The fourth-order valence-corrected chi connectivity index (χ4v) is 7.58. The molecule has 5 heteroatoms. The molecule has 0 amide bonds. The van der Waals surface area contributed by atoms with Gasteiger partial charge < -0.3 is 13.9 Å². The van der Waals surface area contributed by atoms with Crippen molar-refractivity contribution in [2.24, 2.45) is 0 Å². The number of hydrogen-bond donors (Lipinski definition) is 0. The van der Waals surface area contributed by atoms with E-state index in [1.54, 1.807) is 0 Å². The fourth-order valence-electron chi connectivity index (χ4n) is 6.22. The molecule has 0 N–H and O–H groups in total. The van der Waals surface area contributed by atoms with E-state index in [0.29, 0.717) is 0 Å². The zero-order chi connectivity index (χ0) is 27.9. The Hall–Kier alpha value is -3.90. The van der Waals surface area contributed by atoms with Crippen LogP contribution in [-0.4, -0.2) is 22.9 Å². The molecule has 200 valence electrons. The zero-order valence-electron chi connectivity index (χ0n) is 23.6. The van der Waals surface area contributed by atoms with Crippen molar-refractivity contribution in [3.05, 3.63) is 109 Å². The standard InChI is InChI=1S/C36H30BNO2S/c1-35(2)36(3,4)40-37(39-35)30-18-11-17-28-27-16-10-15-25(33(27)41-34(28)30)23-20-21-32-29(22-23)26-14-8-9-19-31(26)38(32)24-12-6-5-7-13-24/h5-22H,1-4H3. The van der Waals surface area contributed by atoms with Crippen LogP contribution in [0.1, 0.15) is 27.7 Å². The van der Waals surface area contributed by atoms with Gasteiger partial charge in [0.2, 0.25) is 0 Å². The fraction of sp³-hybridized carbons (Fsp3) is 0.167. The van der Waals surface area contributed by atoms with E-state index in [4.69, 9.17) is 9.31 Å². The maximum Gasteiger partial charge on any atom is 0.496 e. The molecular weight excluding hydrogens is 521 g/mol. The van der Waals surface area contributed by atoms with Crippen molar-refractivity contribution < 1.29 is 9.31 Å². The third-order valence-corrected chi connectivity index (χ3v) is 10.4. The van der Waals surface area contributed by atoms with Gasteiger partial charge in [-0.1, -0.05) is 78.9 Å². The van der Waals surface area contributed by atoms with Crippen molar-refractivity contribution in [1.82, 2.24) is 4.57 Å². The molecule has 0 bridgehead atoms. The van der Waals surface area contributed by atoms with Crippen molar-refractivity contribution in [3.63, 3.8) is 0 Å². The first-order chi connectivity index (χ1) is 19.8. The lowest BCUT2D eigenvalue weighted by molar-refractivity contribution is 0.00578. The highest BCUT2D eigenvalue weighted by Crippen LogP contribution is 2.43. The summed E-state index contributed by atoms with van der Waals surface area (Å²) in [7, 11) is -0.388. The summed E-state index contributed by atoms with van der Waals surface area (Å²) in [6.45, 7) is 8.45. The van der Waals surface area contributed by atoms with Crippen LogP contribution in [0.2, 0.25) is 0 Å². The van der Waals surface area contributed by atoms with E-state index < -0.39 is 0 Å². The second-order valence-corrected chi connectivity index (χ2v) is 13.0. The molecule has 0 radical (unpaired) electrons. The molecule has 5 aromatic carbocycles. The maximum atomic E-state index is 6.48. The van der Waals surface area contributed by atoms with Crippen LogP contribution in [-0.2, 0) is 9.31 Å². The number of hydrogen-bond acceptors (Lipinski definition) is 3. The van der Waals surface area contributed by atoms with E-state index in [0.717, 1.165) is 5.46 Å². The second-order valence-electron chi connectivity index (χ2n) is 12.0. The van der Waals surface area contributed by atoms with Crippen molar-refractivity contribution >= 4 is 65.9 Å². The van der Waals surface area contributed by atoms with Gasteiger partial charge in [0.05, 0.1) is 22.2 Å². The molecular formula is C36H30BNO2S. The Morgan fingerprint density at radius 3 is 2.00 bits per heavy atom. The summed E-state index contributed by atoms with van der Waals surface area (Å²) < 4.78 is 17.8. The van der Waals surface area contributed by atoms with Gasteiger partial charge in [0.15, 0.2) is 0 Å². The molecule has 7 aromatic rings. The highest BCUT2D eigenvalue weighted by atomic mass is 32.1. The van der Waals surface area contributed by atoms with Gasteiger partial charge in [-0.25, -0.2) is 0 Å². The highest BCUT2D eigenvalue weighted by molar-refractivity contribution is 7.27. The van der Waals surface area contributed by atoms with Crippen LogP contribution >= 0.6 is 11.3 Å². The van der Waals surface area contributed by atoms with Crippen LogP contribution < -0.4 is 5.46 Å². The Bertz CT molecular complexity index is 2110. The number of thiophene rings is 1.